The summed E-state index contributed by atoms with van der Waals surface area (Å²) >= 11 is 1.50. The number of nitrogens with one attached hydrogen (secondary N) is 2. The van der Waals surface area contributed by atoms with Crippen molar-refractivity contribution in [3.05, 3.63) is 41.6 Å². The molecule has 3 rings (SSSR count). The van der Waals surface area contributed by atoms with E-state index in [1.165, 1.54) is 11.8 Å². The molecule has 0 bridgehead atoms. The normalized spacial score (nSPS) is 11.7. The standard InChI is InChI=1S/C21H25F3N6O2S/c1-3-32-12-10-25-17-16-13-27-30(18(16)29-20(28-17)33-4-2)11-9-26-19(31)14-5-7-15(8-6-14)21(22,23)24/h5-8,13H,3-4,9-12H2,1-2H3,(H,26,31)(H,25,28,29). The molecular weight excluding hydrogens is 457 g/mol. The lowest BCUT2D eigenvalue weighted by Gasteiger charge is -2.10. The fourth-order valence-corrected chi connectivity index (χ4v) is 3.57. The number of fused-ring (bicyclic) bond motifs is 1. The summed E-state index contributed by atoms with van der Waals surface area (Å²) in [5.74, 6) is 1.01. The van der Waals surface area contributed by atoms with E-state index in [1.807, 2.05) is 13.8 Å². The number of carbonyl (C=O) groups is 1. The van der Waals surface area contributed by atoms with Gasteiger partial charge in [-0.2, -0.15) is 18.3 Å². The van der Waals surface area contributed by atoms with Crippen molar-refractivity contribution in [3.63, 3.8) is 0 Å². The molecule has 0 saturated carbocycles. The van der Waals surface area contributed by atoms with Crippen molar-refractivity contribution in [2.24, 2.45) is 0 Å². The van der Waals surface area contributed by atoms with Crippen LogP contribution in [0.1, 0.15) is 29.8 Å². The average molecular weight is 483 g/mol. The number of thioether (sulfide) groups is 1. The zero-order valence-electron chi connectivity index (χ0n) is 18.3. The van der Waals surface area contributed by atoms with Gasteiger partial charge in [-0.05, 0) is 36.9 Å². The Morgan fingerprint density at radius 3 is 2.58 bits per heavy atom. The van der Waals surface area contributed by atoms with Crippen LogP contribution in [0.15, 0.2) is 35.6 Å². The summed E-state index contributed by atoms with van der Waals surface area (Å²) in [4.78, 5) is 21.4. The lowest BCUT2D eigenvalue weighted by atomic mass is 10.1. The van der Waals surface area contributed by atoms with Crippen LogP contribution in [0.4, 0.5) is 19.0 Å². The molecule has 1 aromatic carbocycles. The molecule has 178 valence electrons. The maximum absolute atomic E-state index is 12.7. The molecule has 2 heterocycles. The van der Waals surface area contributed by atoms with Crippen LogP contribution in [0.5, 0.6) is 0 Å². The van der Waals surface area contributed by atoms with Gasteiger partial charge < -0.3 is 15.4 Å². The smallest absolute Gasteiger partial charge is 0.380 e. The number of benzene rings is 1. The van der Waals surface area contributed by atoms with Gasteiger partial charge >= 0.3 is 6.18 Å². The average Bonchev–Trinajstić information content (AvgIpc) is 3.19. The van der Waals surface area contributed by atoms with Crippen LogP contribution in [-0.4, -0.2) is 57.7 Å². The predicted octanol–water partition coefficient (Wildman–Crippen LogP) is 3.84. The monoisotopic (exact) mass is 482 g/mol. The van der Waals surface area contributed by atoms with E-state index in [0.29, 0.717) is 42.9 Å². The summed E-state index contributed by atoms with van der Waals surface area (Å²) in [6, 6.07) is 4.09. The van der Waals surface area contributed by atoms with Crippen LogP contribution in [0.25, 0.3) is 11.0 Å². The summed E-state index contributed by atoms with van der Waals surface area (Å²) in [6.07, 6.45) is -2.78. The minimum atomic E-state index is -4.44. The maximum Gasteiger partial charge on any atom is 0.416 e. The first-order valence-corrected chi connectivity index (χ1v) is 11.5. The molecule has 0 aliphatic rings. The number of amides is 1. The molecule has 2 N–H and O–H groups in total. The van der Waals surface area contributed by atoms with Crippen LogP contribution >= 0.6 is 11.8 Å². The fraction of sp³-hybridized carbons (Fsp3) is 0.429. The second-order valence-corrected chi connectivity index (χ2v) is 8.08. The molecule has 0 aliphatic heterocycles. The quantitative estimate of drug-likeness (QED) is 0.244. The molecule has 0 radical (unpaired) electrons. The van der Waals surface area contributed by atoms with Gasteiger partial charge in [-0.25, -0.2) is 14.6 Å². The second-order valence-electron chi connectivity index (χ2n) is 6.85. The molecule has 0 saturated heterocycles. The van der Waals surface area contributed by atoms with Gasteiger partial charge in [0.25, 0.3) is 5.91 Å². The van der Waals surface area contributed by atoms with Crippen molar-refractivity contribution in [3.8, 4) is 0 Å². The number of anilines is 1. The van der Waals surface area contributed by atoms with Gasteiger partial charge in [0.05, 0.1) is 30.3 Å². The Balaban J connectivity index is 1.67. The number of halogens is 3. The second kappa shape index (κ2) is 11.3. The van der Waals surface area contributed by atoms with Crippen molar-refractivity contribution in [2.45, 2.75) is 31.7 Å². The molecule has 33 heavy (non-hydrogen) atoms. The molecule has 12 heteroatoms. The Morgan fingerprint density at radius 1 is 1.15 bits per heavy atom. The Kier molecular flexibility index (Phi) is 8.50. The SMILES string of the molecule is CCOCCNc1nc(SCC)nc2c1cnn2CCNC(=O)c1ccc(C(F)(F)F)cc1. The molecule has 0 aliphatic carbocycles. The lowest BCUT2D eigenvalue weighted by molar-refractivity contribution is -0.137. The van der Waals surface area contributed by atoms with Crippen LogP contribution in [-0.2, 0) is 17.5 Å². The third-order valence-electron chi connectivity index (χ3n) is 4.58. The number of nitrogens with zero attached hydrogens (tertiary/aromatic N) is 4. The van der Waals surface area contributed by atoms with Crippen LogP contribution in [0.2, 0.25) is 0 Å². The molecule has 8 nitrogen and oxygen atoms in total. The minimum absolute atomic E-state index is 0.151. The molecular formula is C21H25F3N6O2S. The van der Waals surface area contributed by atoms with E-state index in [0.717, 1.165) is 35.4 Å². The zero-order chi connectivity index (χ0) is 23.8. The molecule has 0 spiro atoms. The highest BCUT2D eigenvalue weighted by atomic mass is 32.2. The van der Waals surface area contributed by atoms with E-state index < -0.39 is 17.6 Å². The summed E-state index contributed by atoms with van der Waals surface area (Å²) in [5.41, 5.74) is -0.0186. The molecule has 1 amide bonds. The largest absolute Gasteiger partial charge is 0.416 e. The van der Waals surface area contributed by atoms with Crippen LogP contribution < -0.4 is 10.6 Å². The van der Waals surface area contributed by atoms with Gasteiger partial charge in [0.15, 0.2) is 10.8 Å². The number of ether oxygens (including phenoxy) is 1. The number of hydrogen-bond donors (Lipinski definition) is 2. The van der Waals surface area contributed by atoms with Gasteiger partial charge in [0, 0.05) is 25.3 Å². The van der Waals surface area contributed by atoms with Crippen molar-refractivity contribution in [1.29, 1.82) is 0 Å². The fourth-order valence-electron chi connectivity index (χ4n) is 3.00. The first-order valence-electron chi connectivity index (χ1n) is 10.5. The Hall–Kier alpha value is -2.86. The third-order valence-corrected chi connectivity index (χ3v) is 5.31. The highest BCUT2D eigenvalue weighted by Crippen LogP contribution is 2.29. The van der Waals surface area contributed by atoms with Gasteiger partial charge in [0.2, 0.25) is 0 Å². The minimum Gasteiger partial charge on any atom is -0.380 e. The number of aromatic nitrogens is 4. The van der Waals surface area contributed by atoms with E-state index in [1.54, 1.807) is 10.9 Å². The summed E-state index contributed by atoms with van der Waals surface area (Å²) in [7, 11) is 0. The lowest BCUT2D eigenvalue weighted by Crippen LogP contribution is -2.27. The number of alkyl halides is 3. The first-order chi connectivity index (χ1) is 15.8. The summed E-state index contributed by atoms with van der Waals surface area (Å²) in [6.45, 7) is 6.26. The van der Waals surface area contributed by atoms with Crippen LogP contribution in [0.3, 0.4) is 0 Å². The summed E-state index contributed by atoms with van der Waals surface area (Å²) < 4.78 is 45.1. The molecule has 0 atom stereocenters. The van der Waals surface area contributed by atoms with Crippen molar-refractivity contribution in [1.82, 2.24) is 25.1 Å². The summed E-state index contributed by atoms with van der Waals surface area (Å²) in [5, 5.41) is 11.7. The topological polar surface area (TPSA) is 94.0 Å². The number of rotatable bonds is 11. The van der Waals surface area contributed by atoms with E-state index >= 15 is 0 Å². The molecule has 0 fully saturated rings. The number of hydrogen-bond acceptors (Lipinski definition) is 7. The molecule has 0 unspecified atom stereocenters. The Bertz CT molecular complexity index is 1070. The van der Waals surface area contributed by atoms with E-state index in [2.05, 4.69) is 25.7 Å². The van der Waals surface area contributed by atoms with Gasteiger partial charge in [0.1, 0.15) is 5.82 Å². The van der Waals surface area contributed by atoms with Gasteiger partial charge in [-0.3, -0.25) is 4.79 Å². The van der Waals surface area contributed by atoms with Crippen molar-refractivity contribution >= 4 is 34.5 Å². The highest BCUT2D eigenvalue weighted by Gasteiger charge is 2.30. The highest BCUT2D eigenvalue weighted by molar-refractivity contribution is 7.99. The van der Waals surface area contributed by atoms with Gasteiger partial charge in [-0.1, -0.05) is 18.7 Å². The van der Waals surface area contributed by atoms with Crippen molar-refractivity contribution < 1.29 is 22.7 Å². The van der Waals surface area contributed by atoms with Crippen molar-refractivity contribution in [2.75, 3.05) is 37.4 Å². The molecule has 3 aromatic rings. The number of carbonyl (C=O) groups excluding carboxylic acids is 1. The first kappa shape index (κ1) is 24.8. The predicted molar refractivity (Wildman–Crippen MR) is 120 cm³/mol. The zero-order valence-corrected chi connectivity index (χ0v) is 19.1. The third kappa shape index (κ3) is 6.57. The Morgan fingerprint density at radius 2 is 1.91 bits per heavy atom. The van der Waals surface area contributed by atoms with E-state index in [4.69, 9.17) is 4.74 Å². The van der Waals surface area contributed by atoms with Crippen LogP contribution in [0, 0.1) is 0 Å². The van der Waals surface area contributed by atoms with E-state index in [9.17, 15) is 18.0 Å². The maximum atomic E-state index is 12.7. The Labute approximate surface area is 193 Å². The van der Waals surface area contributed by atoms with E-state index in [-0.39, 0.29) is 12.1 Å². The molecule has 2 aromatic heterocycles. The van der Waals surface area contributed by atoms with Gasteiger partial charge in [-0.15, -0.1) is 0 Å².